The van der Waals surface area contributed by atoms with Crippen LogP contribution in [0, 0.1) is 5.92 Å². The Morgan fingerprint density at radius 1 is 1.50 bits per heavy atom. The lowest BCUT2D eigenvalue weighted by Gasteiger charge is -2.17. The van der Waals surface area contributed by atoms with Gasteiger partial charge in [-0.25, -0.2) is 0 Å². The molecule has 80 valence electrons. The van der Waals surface area contributed by atoms with E-state index in [1.54, 1.807) is 6.08 Å². The number of hydrogen-bond acceptors (Lipinski definition) is 2. The maximum atomic E-state index is 11.4. The molecule has 1 rings (SSSR count). The van der Waals surface area contributed by atoms with E-state index in [1.165, 1.54) is 0 Å². The Bertz CT molecular complexity index is 231. The number of hydrogen-bond donors (Lipinski definition) is 2. The number of aliphatic hydroxyl groups is 1. The van der Waals surface area contributed by atoms with Gasteiger partial charge < -0.3 is 10.4 Å². The second-order valence-electron chi connectivity index (χ2n) is 4.21. The van der Waals surface area contributed by atoms with Crippen molar-refractivity contribution in [3.63, 3.8) is 0 Å². The van der Waals surface area contributed by atoms with Gasteiger partial charge in [0.25, 0.3) is 0 Å². The first kappa shape index (κ1) is 11.2. The summed E-state index contributed by atoms with van der Waals surface area (Å²) in [6.07, 6.45) is 4.72. The zero-order valence-corrected chi connectivity index (χ0v) is 8.92. The van der Waals surface area contributed by atoms with Crippen molar-refractivity contribution in [3.8, 4) is 0 Å². The van der Waals surface area contributed by atoms with Gasteiger partial charge in [-0.2, -0.15) is 0 Å². The van der Waals surface area contributed by atoms with Crippen molar-refractivity contribution < 1.29 is 9.90 Å². The average molecular weight is 197 g/mol. The molecule has 0 spiro atoms. The van der Waals surface area contributed by atoms with E-state index in [2.05, 4.69) is 5.32 Å². The van der Waals surface area contributed by atoms with Gasteiger partial charge in [-0.05, 0) is 26.7 Å². The van der Waals surface area contributed by atoms with Crippen LogP contribution in [0.3, 0.4) is 0 Å². The highest BCUT2D eigenvalue weighted by molar-refractivity contribution is 5.88. The molecule has 0 aliphatic heterocycles. The molecule has 0 bridgehead atoms. The third-order valence-corrected chi connectivity index (χ3v) is 2.64. The van der Waals surface area contributed by atoms with Crippen LogP contribution in [0.4, 0.5) is 0 Å². The SMILES string of the molecule is CC(C)=CC(=O)NC1CCCC1CO. The van der Waals surface area contributed by atoms with E-state index in [-0.39, 0.29) is 24.5 Å². The summed E-state index contributed by atoms with van der Waals surface area (Å²) in [7, 11) is 0. The lowest BCUT2D eigenvalue weighted by atomic mass is 10.1. The smallest absolute Gasteiger partial charge is 0.244 e. The van der Waals surface area contributed by atoms with E-state index in [0.717, 1.165) is 24.8 Å². The zero-order valence-electron chi connectivity index (χ0n) is 8.92. The second kappa shape index (κ2) is 5.15. The van der Waals surface area contributed by atoms with Gasteiger partial charge in [-0.1, -0.05) is 12.0 Å². The van der Waals surface area contributed by atoms with Crippen LogP contribution in [0.1, 0.15) is 33.1 Å². The van der Waals surface area contributed by atoms with Crippen LogP contribution in [0.15, 0.2) is 11.6 Å². The van der Waals surface area contributed by atoms with Crippen LogP contribution in [-0.2, 0) is 4.79 Å². The van der Waals surface area contributed by atoms with Crippen molar-refractivity contribution in [2.24, 2.45) is 5.92 Å². The van der Waals surface area contributed by atoms with Crippen molar-refractivity contribution in [2.75, 3.05) is 6.61 Å². The predicted octanol–water partition coefficient (Wildman–Crippen LogP) is 1.23. The summed E-state index contributed by atoms with van der Waals surface area (Å²) in [6, 6.07) is 0.170. The molecule has 0 heterocycles. The molecule has 2 unspecified atom stereocenters. The quantitative estimate of drug-likeness (QED) is 0.668. The first-order valence-electron chi connectivity index (χ1n) is 5.19. The fraction of sp³-hybridized carbons (Fsp3) is 0.727. The van der Waals surface area contributed by atoms with Crippen molar-refractivity contribution in [1.29, 1.82) is 0 Å². The van der Waals surface area contributed by atoms with E-state index in [1.807, 2.05) is 13.8 Å². The van der Waals surface area contributed by atoms with E-state index >= 15 is 0 Å². The molecule has 0 radical (unpaired) electrons. The molecule has 3 nitrogen and oxygen atoms in total. The minimum atomic E-state index is -0.0321. The third kappa shape index (κ3) is 3.14. The fourth-order valence-corrected chi connectivity index (χ4v) is 1.93. The van der Waals surface area contributed by atoms with E-state index < -0.39 is 0 Å². The fourth-order valence-electron chi connectivity index (χ4n) is 1.93. The van der Waals surface area contributed by atoms with Gasteiger partial charge in [-0.15, -0.1) is 0 Å². The van der Waals surface area contributed by atoms with Gasteiger partial charge in [0.15, 0.2) is 0 Å². The van der Waals surface area contributed by atoms with Crippen LogP contribution < -0.4 is 5.32 Å². The molecule has 0 aromatic rings. The first-order valence-corrected chi connectivity index (χ1v) is 5.19. The van der Waals surface area contributed by atoms with Gasteiger partial charge in [0.2, 0.25) is 5.91 Å². The van der Waals surface area contributed by atoms with Crippen LogP contribution >= 0.6 is 0 Å². The van der Waals surface area contributed by atoms with Crippen molar-refractivity contribution >= 4 is 5.91 Å². The summed E-state index contributed by atoms with van der Waals surface area (Å²) in [5.74, 6) is 0.222. The largest absolute Gasteiger partial charge is 0.396 e. The van der Waals surface area contributed by atoms with E-state index in [4.69, 9.17) is 5.11 Å². The molecule has 1 fully saturated rings. The Hall–Kier alpha value is -0.830. The molecule has 14 heavy (non-hydrogen) atoms. The summed E-state index contributed by atoms with van der Waals surface area (Å²) in [5, 5.41) is 12.0. The highest BCUT2D eigenvalue weighted by Gasteiger charge is 2.27. The predicted molar refractivity (Wildman–Crippen MR) is 55.8 cm³/mol. The summed E-state index contributed by atoms with van der Waals surface area (Å²) in [5.41, 5.74) is 1.00. The standard InChI is InChI=1S/C11H19NO2/c1-8(2)6-11(14)12-10-5-3-4-9(10)7-13/h6,9-10,13H,3-5,7H2,1-2H3,(H,12,14). The Kier molecular flexibility index (Phi) is 4.14. The summed E-state index contributed by atoms with van der Waals surface area (Å²) >= 11 is 0. The second-order valence-corrected chi connectivity index (χ2v) is 4.21. The van der Waals surface area contributed by atoms with Crippen LogP contribution in [0.5, 0.6) is 0 Å². The monoisotopic (exact) mass is 197 g/mol. The van der Waals surface area contributed by atoms with Gasteiger partial charge in [0, 0.05) is 24.6 Å². The molecule has 3 heteroatoms. The Morgan fingerprint density at radius 3 is 2.79 bits per heavy atom. The van der Waals surface area contributed by atoms with Crippen LogP contribution in [0.25, 0.3) is 0 Å². The summed E-state index contributed by atoms with van der Waals surface area (Å²) in [4.78, 5) is 11.4. The molecule has 0 aromatic heterocycles. The van der Waals surface area contributed by atoms with Crippen LogP contribution in [0.2, 0.25) is 0 Å². The molecular formula is C11H19NO2. The van der Waals surface area contributed by atoms with E-state index in [9.17, 15) is 4.79 Å². The number of allylic oxidation sites excluding steroid dienone is 1. The number of carbonyl (C=O) groups excluding carboxylic acids is 1. The minimum absolute atomic E-state index is 0.0321. The highest BCUT2D eigenvalue weighted by Crippen LogP contribution is 2.24. The normalized spacial score (nSPS) is 25.9. The van der Waals surface area contributed by atoms with E-state index in [0.29, 0.717) is 0 Å². The lowest BCUT2D eigenvalue weighted by Crippen LogP contribution is -2.37. The minimum Gasteiger partial charge on any atom is -0.396 e. The number of amides is 1. The molecule has 0 aromatic carbocycles. The molecule has 1 saturated carbocycles. The van der Waals surface area contributed by atoms with Crippen molar-refractivity contribution in [3.05, 3.63) is 11.6 Å². The first-order chi connectivity index (χ1) is 6.63. The Balaban J connectivity index is 2.43. The van der Waals surface area contributed by atoms with Crippen molar-refractivity contribution in [2.45, 2.75) is 39.2 Å². The highest BCUT2D eigenvalue weighted by atomic mass is 16.3. The number of nitrogens with one attached hydrogen (secondary N) is 1. The van der Waals surface area contributed by atoms with Gasteiger partial charge in [0.1, 0.15) is 0 Å². The summed E-state index contributed by atoms with van der Waals surface area (Å²) in [6.45, 7) is 3.98. The maximum Gasteiger partial charge on any atom is 0.244 e. The number of aliphatic hydroxyl groups excluding tert-OH is 1. The molecular weight excluding hydrogens is 178 g/mol. The topological polar surface area (TPSA) is 49.3 Å². The molecule has 1 aliphatic carbocycles. The molecule has 2 N–H and O–H groups in total. The lowest BCUT2D eigenvalue weighted by molar-refractivity contribution is -0.117. The number of rotatable bonds is 3. The molecule has 1 amide bonds. The summed E-state index contributed by atoms with van der Waals surface area (Å²) < 4.78 is 0. The Labute approximate surface area is 85.2 Å². The zero-order chi connectivity index (χ0) is 10.6. The van der Waals surface area contributed by atoms with Gasteiger partial charge in [-0.3, -0.25) is 4.79 Å². The van der Waals surface area contributed by atoms with Gasteiger partial charge in [0.05, 0.1) is 0 Å². The molecule has 1 aliphatic rings. The average Bonchev–Trinajstić information content (AvgIpc) is 2.50. The maximum absolute atomic E-state index is 11.4. The molecule has 2 atom stereocenters. The number of carbonyl (C=O) groups is 1. The third-order valence-electron chi connectivity index (χ3n) is 2.64. The van der Waals surface area contributed by atoms with Crippen LogP contribution in [-0.4, -0.2) is 23.7 Å². The van der Waals surface area contributed by atoms with Gasteiger partial charge >= 0.3 is 0 Å². The van der Waals surface area contributed by atoms with Crippen molar-refractivity contribution in [1.82, 2.24) is 5.32 Å². The molecule has 0 saturated heterocycles. The Morgan fingerprint density at radius 2 is 2.21 bits per heavy atom.